The van der Waals surface area contributed by atoms with Crippen LogP contribution in [-0.2, 0) is 30.6 Å². The molecule has 28 heavy (non-hydrogen) atoms. The van der Waals surface area contributed by atoms with E-state index in [0.717, 1.165) is 11.1 Å². The molecule has 146 valence electrons. The van der Waals surface area contributed by atoms with E-state index in [1.165, 1.54) is 11.0 Å². The summed E-state index contributed by atoms with van der Waals surface area (Å²) in [5.74, 6) is -0.637. The monoisotopic (exact) mass is 379 g/mol. The molecule has 0 fully saturated rings. The molecule has 5 heteroatoms. The minimum atomic E-state index is -0.795. The topological polar surface area (TPSA) is 55.8 Å². The Labute approximate surface area is 165 Å². The van der Waals surface area contributed by atoms with E-state index < -0.39 is 11.2 Å². The summed E-state index contributed by atoms with van der Waals surface area (Å²) in [5, 5.41) is 0. The van der Waals surface area contributed by atoms with Gasteiger partial charge in [0.15, 0.2) is 0 Å². The van der Waals surface area contributed by atoms with Gasteiger partial charge in [0.25, 0.3) is 11.8 Å². The lowest BCUT2D eigenvalue weighted by molar-refractivity contribution is -0.410. The third-order valence-electron chi connectivity index (χ3n) is 4.83. The minimum absolute atomic E-state index is 0.303. The Morgan fingerprint density at radius 3 is 1.93 bits per heavy atom. The van der Waals surface area contributed by atoms with Crippen molar-refractivity contribution in [2.75, 3.05) is 4.90 Å². The van der Waals surface area contributed by atoms with Crippen LogP contribution in [0.4, 0.5) is 5.69 Å². The van der Waals surface area contributed by atoms with E-state index in [2.05, 4.69) is 0 Å². The third kappa shape index (κ3) is 3.91. The maximum absolute atomic E-state index is 12.3. The predicted octanol–water partition coefficient (Wildman–Crippen LogP) is 4.62. The van der Waals surface area contributed by atoms with Crippen molar-refractivity contribution in [2.24, 2.45) is 0 Å². The number of imide groups is 1. The fourth-order valence-electron chi connectivity index (χ4n) is 3.00. The highest BCUT2D eigenvalue weighted by Gasteiger charge is 2.33. The van der Waals surface area contributed by atoms with Gasteiger partial charge in [-0.15, -0.1) is 0 Å². The summed E-state index contributed by atoms with van der Waals surface area (Å²) in [6, 6.07) is 17.0. The molecule has 0 atom stereocenters. The van der Waals surface area contributed by atoms with Crippen LogP contribution in [0.15, 0.2) is 66.2 Å². The number of amides is 2. The average molecular weight is 379 g/mol. The maximum atomic E-state index is 12.3. The Bertz CT molecular complexity index is 929. The van der Waals surface area contributed by atoms with Gasteiger partial charge in [-0.1, -0.05) is 42.5 Å². The maximum Gasteiger partial charge on any atom is 0.261 e. The highest BCUT2D eigenvalue weighted by molar-refractivity contribution is 6.30. The molecule has 0 bridgehead atoms. The lowest BCUT2D eigenvalue weighted by atomic mass is 9.97. The molecule has 0 saturated heterocycles. The molecular formula is C23H25NO4. The standard InChI is InChI=1S/C23H25NO4/c1-16-14-20(25)24(21(16)26)19-13-9-12-18(15-19)23(4,5)28-27-22(2,3)17-10-7-6-8-11-17/h6-15H,1-5H3. The first-order valence-electron chi connectivity index (χ1n) is 9.21. The molecule has 0 radical (unpaired) electrons. The number of carbonyl (C=O) groups is 2. The van der Waals surface area contributed by atoms with Crippen LogP contribution in [0.2, 0.25) is 0 Å². The Morgan fingerprint density at radius 2 is 1.36 bits per heavy atom. The molecule has 5 nitrogen and oxygen atoms in total. The summed E-state index contributed by atoms with van der Waals surface area (Å²) in [7, 11) is 0. The summed E-state index contributed by atoms with van der Waals surface area (Å²) < 4.78 is 0. The van der Waals surface area contributed by atoms with Crippen molar-refractivity contribution >= 4 is 17.5 Å². The highest BCUT2D eigenvalue weighted by atomic mass is 17.2. The van der Waals surface area contributed by atoms with E-state index in [1.54, 1.807) is 25.1 Å². The molecule has 2 amide bonds. The molecule has 0 N–H and O–H groups in total. The Hall–Kier alpha value is -2.76. The van der Waals surface area contributed by atoms with E-state index in [-0.39, 0.29) is 11.8 Å². The van der Waals surface area contributed by atoms with Gasteiger partial charge in [-0.3, -0.25) is 9.59 Å². The SMILES string of the molecule is CC1=CC(=O)N(c2cccc(C(C)(C)OOC(C)(C)c3ccccc3)c2)C1=O. The van der Waals surface area contributed by atoms with Crippen molar-refractivity contribution in [1.82, 2.24) is 0 Å². The van der Waals surface area contributed by atoms with Crippen molar-refractivity contribution in [1.29, 1.82) is 0 Å². The Balaban J connectivity index is 1.79. The van der Waals surface area contributed by atoms with Crippen molar-refractivity contribution in [3.8, 4) is 0 Å². The second kappa shape index (κ2) is 7.34. The normalized spacial score (nSPS) is 15.2. The third-order valence-corrected chi connectivity index (χ3v) is 4.83. The van der Waals surface area contributed by atoms with E-state index >= 15 is 0 Å². The van der Waals surface area contributed by atoms with Crippen LogP contribution in [0, 0.1) is 0 Å². The molecule has 1 aliphatic rings. The van der Waals surface area contributed by atoms with Crippen LogP contribution in [0.1, 0.15) is 45.7 Å². The number of anilines is 1. The van der Waals surface area contributed by atoms with Crippen LogP contribution in [-0.4, -0.2) is 11.8 Å². The highest BCUT2D eigenvalue weighted by Crippen LogP contribution is 2.33. The first kappa shape index (κ1) is 20.0. The number of nitrogens with zero attached hydrogens (tertiary/aromatic N) is 1. The molecule has 2 aromatic carbocycles. The van der Waals surface area contributed by atoms with Crippen LogP contribution in [0.25, 0.3) is 0 Å². The number of hydrogen-bond donors (Lipinski definition) is 0. The van der Waals surface area contributed by atoms with Gasteiger partial charge in [0.05, 0.1) is 5.69 Å². The number of carbonyl (C=O) groups excluding carboxylic acids is 2. The molecule has 2 aromatic rings. The molecule has 1 heterocycles. The van der Waals surface area contributed by atoms with Gasteiger partial charge in [-0.05, 0) is 57.9 Å². The van der Waals surface area contributed by atoms with Gasteiger partial charge in [-0.25, -0.2) is 14.7 Å². The number of benzene rings is 2. The van der Waals surface area contributed by atoms with Crippen molar-refractivity contribution in [2.45, 2.75) is 45.8 Å². The van der Waals surface area contributed by atoms with E-state index in [0.29, 0.717) is 11.3 Å². The summed E-state index contributed by atoms with van der Waals surface area (Å²) >= 11 is 0. The number of rotatable bonds is 6. The molecule has 0 unspecified atom stereocenters. The molecule has 0 aliphatic carbocycles. The molecule has 0 saturated carbocycles. The summed E-state index contributed by atoms with van der Waals surface area (Å²) in [6.45, 7) is 9.26. The molecule has 0 aromatic heterocycles. The van der Waals surface area contributed by atoms with E-state index in [9.17, 15) is 9.59 Å². The van der Waals surface area contributed by atoms with E-state index in [1.807, 2.05) is 64.1 Å². The van der Waals surface area contributed by atoms with Gasteiger partial charge < -0.3 is 0 Å². The van der Waals surface area contributed by atoms with Crippen LogP contribution >= 0.6 is 0 Å². The van der Waals surface area contributed by atoms with Crippen molar-refractivity contribution in [3.05, 3.63) is 77.4 Å². The Morgan fingerprint density at radius 1 is 0.786 bits per heavy atom. The lowest BCUT2D eigenvalue weighted by Crippen LogP contribution is -2.32. The molecule has 1 aliphatic heterocycles. The van der Waals surface area contributed by atoms with Crippen LogP contribution < -0.4 is 4.90 Å². The summed E-state index contributed by atoms with van der Waals surface area (Å²) in [4.78, 5) is 37.2. The van der Waals surface area contributed by atoms with E-state index in [4.69, 9.17) is 9.78 Å². The molecule has 0 spiro atoms. The minimum Gasteiger partial charge on any atom is -0.269 e. The molecule has 3 rings (SSSR count). The van der Waals surface area contributed by atoms with Gasteiger partial charge in [0, 0.05) is 11.6 Å². The second-order valence-electron chi connectivity index (χ2n) is 7.91. The fourth-order valence-corrected chi connectivity index (χ4v) is 3.00. The van der Waals surface area contributed by atoms with Gasteiger partial charge in [0.2, 0.25) is 0 Å². The van der Waals surface area contributed by atoms with Crippen LogP contribution in [0.5, 0.6) is 0 Å². The van der Waals surface area contributed by atoms with Gasteiger partial charge >= 0.3 is 0 Å². The number of hydrogen-bond acceptors (Lipinski definition) is 4. The van der Waals surface area contributed by atoms with Gasteiger partial charge in [-0.2, -0.15) is 0 Å². The predicted molar refractivity (Wildman–Crippen MR) is 107 cm³/mol. The first-order chi connectivity index (χ1) is 13.1. The second-order valence-corrected chi connectivity index (χ2v) is 7.91. The first-order valence-corrected chi connectivity index (χ1v) is 9.21. The van der Waals surface area contributed by atoms with Crippen LogP contribution in [0.3, 0.4) is 0 Å². The average Bonchev–Trinajstić information content (AvgIpc) is 2.93. The zero-order valence-corrected chi connectivity index (χ0v) is 16.9. The zero-order valence-electron chi connectivity index (χ0n) is 16.9. The lowest BCUT2D eigenvalue weighted by Gasteiger charge is -2.31. The van der Waals surface area contributed by atoms with Gasteiger partial charge in [0.1, 0.15) is 11.2 Å². The zero-order chi connectivity index (χ0) is 20.5. The Kier molecular flexibility index (Phi) is 5.24. The summed E-state index contributed by atoms with van der Waals surface area (Å²) in [5.41, 5.74) is 1.29. The smallest absolute Gasteiger partial charge is 0.261 e. The summed E-state index contributed by atoms with van der Waals surface area (Å²) in [6.07, 6.45) is 1.35. The van der Waals surface area contributed by atoms with Crippen molar-refractivity contribution in [3.63, 3.8) is 0 Å². The molecular weight excluding hydrogens is 354 g/mol. The fraction of sp³-hybridized carbons (Fsp3) is 0.304. The quantitative estimate of drug-likeness (QED) is 0.417. The van der Waals surface area contributed by atoms with Crippen molar-refractivity contribution < 1.29 is 19.4 Å². The largest absolute Gasteiger partial charge is 0.269 e.